The van der Waals surface area contributed by atoms with Crippen molar-refractivity contribution in [3.8, 4) is 0 Å². The highest BCUT2D eigenvalue weighted by Crippen LogP contribution is 2.09. The van der Waals surface area contributed by atoms with E-state index < -0.39 is 0 Å². The molecule has 0 N–H and O–H groups in total. The molecular weight excluding hydrogens is 371 g/mol. The topological polar surface area (TPSA) is 17.1 Å². The van der Waals surface area contributed by atoms with Crippen LogP contribution in [0.2, 0.25) is 0 Å². The number of carbonyl (C=O) groups excluding carboxylic acids is 1. The molecule has 0 aliphatic rings. The van der Waals surface area contributed by atoms with Gasteiger partial charge in [0, 0.05) is 5.56 Å². The van der Waals surface area contributed by atoms with Gasteiger partial charge in [-0.15, -0.1) is 0 Å². The van der Waals surface area contributed by atoms with Gasteiger partial charge in [-0.05, 0) is 24.3 Å². The molecular formula is C19H14IO+. The van der Waals surface area contributed by atoms with E-state index in [1.54, 1.807) is 0 Å². The second kappa shape index (κ2) is 6.68. The third-order valence-corrected chi connectivity index (χ3v) is 5.96. The van der Waals surface area contributed by atoms with Crippen LogP contribution in [0.25, 0.3) is 0 Å². The molecule has 0 radical (unpaired) electrons. The van der Waals surface area contributed by atoms with E-state index in [0.29, 0.717) is 0 Å². The van der Waals surface area contributed by atoms with E-state index in [1.165, 1.54) is 7.14 Å². The first-order chi connectivity index (χ1) is 10.3. The summed E-state index contributed by atoms with van der Waals surface area (Å²) in [7, 11) is 0. The maximum Gasteiger partial charge on any atom is 0.358 e. The van der Waals surface area contributed by atoms with Crippen molar-refractivity contribution in [3.05, 3.63) is 103 Å². The van der Waals surface area contributed by atoms with Crippen LogP contribution >= 0.6 is 0 Å². The summed E-state index contributed by atoms with van der Waals surface area (Å²) in [5.74, 6) is 0.113. The predicted molar refractivity (Wildman–Crippen MR) is 80.2 cm³/mol. The molecule has 3 aromatic carbocycles. The molecule has 21 heavy (non-hydrogen) atoms. The van der Waals surface area contributed by atoms with Crippen LogP contribution in [0.15, 0.2) is 84.9 Å². The molecule has 0 heterocycles. The van der Waals surface area contributed by atoms with Crippen LogP contribution in [0.4, 0.5) is 0 Å². The van der Waals surface area contributed by atoms with Crippen molar-refractivity contribution in [1.29, 1.82) is 0 Å². The molecule has 0 saturated heterocycles. The average Bonchev–Trinajstić information content (AvgIpc) is 2.56. The SMILES string of the molecule is O=C(c1ccccc1)c1ccccc1[I+]c1ccccc1. The highest BCUT2D eigenvalue weighted by Gasteiger charge is 2.23. The van der Waals surface area contributed by atoms with Gasteiger partial charge >= 0.3 is 21.2 Å². The Bertz CT molecular complexity index is 736. The maximum absolute atomic E-state index is 12.7. The lowest BCUT2D eigenvalue weighted by Crippen LogP contribution is -3.61. The van der Waals surface area contributed by atoms with Gasteiger partial charge in [-0.25, -0.2) is 0 Å². The van der Waals surface area contributed by atoms with Gasteiger partial charge in [0.25, 0.3) is 0 Å². The lowest BCUT2D eigenvalue weighted by Gasteiger charge is -2.01. The number of halogens is 1. The Morgan fingerprint density at radius 3 is 1.95 bits per heavy atom. The van der Waals surface area contributed by atoms with E-state index in [1.807, 2.05) is 54.6 Å². The molecule has 0 aliphatic heterocycles. The summed E-state index contributed by atoms with van der Waals surface area (Å²) in [6, 6.07) is 27.9. The van der Waals surface area contributed by atoms with Crippen LogP contribution in [0.1, 0.15) is 15.9 Å². The molecule has 0 atom stereocenters. The highest BCUT2D eigenvalue weighted by atomic mass is 127. The zero-order chi connectivity index (χ0) is 14.5. The molecule has 0 amide bonds. The standard InChI is InChI=1S/C19H14IO/c21-19(15-9-3-1-4-10-15)17-13-7-8-14-18(17)20-16-11-5-2-6-12-16/h1-14H/q+1. The zero-order valence-electron chi connectivity index (χ0n) is 11.4. The van der Waals surface area contributed by atoms with Crippen LogP contribution in [-0.4, -0.2) is 5.78 Å². The van der Waals surface area contributed by atoms with Crippen LogP contribution in [0.5, 0.6) is 0 Å². The Labute approximate surface area is 134 Å². The first kappa shape index (κ1) is 14.0. The lowest BCUT2D eigenvalue weighted by molar-refractivity contribution is -0.597. The number of hydrogen-bond acceptors (Lipinski definition) is 1. The average molecular weight is 385 g/mol. The van der Waals surface area contributed by atoms with E-state index in [0.717, 1.165) is 11.1 Å². The fraction of sp³-hybridized carbons (Fsp3) is 0. The molecule has 3 aromatic rings. The molecule has 0 unspecified atom stereocenters. The van der Waals surface area contributed by atoms with Crippen molar-refractivity contribution in [1.82, 2.24) is 0 Å². The van der Waals surface area contributed by atoms with Crippen molar-refractivity contribution in [2.24, 2.45) is 0 Å². The van der Waals surface area contributed by atoms with Crippen molar-refractivity contribution in [2.45, 2.75) is 0 Å². The summed E-state index contributed by atoms with van der Waals surface area (Å²) in [5, 5.41) is 0. The number of rotatable bonds is 4. The predicted octanol–water partition coefficient (Wildman–Crippen LogP) is 1.05. The largest absolute Gasteiger partial charge is 0.358 e. The highest BCUT2D eigenvalue weighted by molar-refractivity contribution is 6.08. The third kappa shape index (κ3) is 3.39. The summed E-state index contributed by atoms with van der Waals surface area (Å²) in [6.45, 7) is 0. The summed E-state index contributed by atoms with van der Waals surface area (Å²) in [4.78, 5) is 12.7. The normalized spacial score (nSPS) is 10.3. The van der Waals surface area contributed by atoms with Gasteiger partial charge in [-0.3, -0.25) is 4.79 Å². The first-order valence-corrected chi connectivity index (χ1v) is 8.89. The lowest BCUT2D eigenvalue weighted by atomic mass is 10.0. The van der Waals surface area contributed by atoms with Crippen molar-refractivity contribution < 1.29 is 26.0 Å². The quantitative estimate of drug-likeness (QED) is 0.485. The fourth-order valence-electron chi connectivity index (χ4n) is 2.07. The van der Waals surface area contributed by atoms with Gasteiger partial charge in [0.1, 0.15) is 0 Å². The fourth-order valence-corrected chi connectivity index (χ4v) is 4.62. The summed E-state index contributed by atoms with van der Waals surface area (Å²) in [5.41, 5.74) is 1.59. The maximum atomic E-state index is 12.7. The van der Waals surface area contributed by atoms with Crippen LogP contribution in [0, 0.1) is 7.14 Å². The van der Waals surface area contributed by atoms with E-state index in [4.69, 9.17) is 0 Å². The molecule has 0 aromatic heterocycles. The molecule has 0 saturated carbocycles. The van der Waals surface area contributed by atoms with Crippen molar-refractivity contribution in [2.75, 3.05) is 0 Å². The van der Waals surface area contributed by atoms with Gasteiger partial charge in [-0.2, -0.15) is 0 Å². The van der Waals surface area contributed by atoms with Crippen molar-refractivity contribution in [3.63, 3.8) is 0 Å². The van der Waals surface area contributed by atoms with E-state index >= 15 is 0 Å². The van der Waals surface area contributed by atoms with Gasteiger partial charge < -0.3 is 0 Å². The molecule has 102 valence electrons. The number of benzene rings is 3. The number of hydrogen-bond donors (Lipinski definition) is 0. The van der Waals surface area contributed by atoms with Gasteiger partial charge in [-0.1, -0.05) is 60.7 Å². The number of carbonyl (C=O) groups is 1. The summed E-state index contributed by atoms with van der Waals surface area (Å²) >= 11 is -0.339. The minimum atomic E-state index is -0.339. The van der Waals surface area contributed by atoms with E-state index in [2.05, 4.69) is 30.3 Å². The van der Waals surface area contributed by atoms with Gasteiger partial charge in [0.05, 0.1) is 5.56 Å². The number of ketones is 1. The molecule has 0 aliphatic carbocycles. The van der Waals surface area contributed by atoms with E-state index in [9.17, 15) is 4.79 Å². The van der Waals surface area contributed by atoms with Crippen LogP contribution in [0.3, 0.4) is 0 Å². The third-order valence-electron chi connectivity index (χ3n) is 3.10. The van der Waals surface area contributed by atoms with E-state index in [-0.39, 0.29) is 27.0 Å². The van der Waals surface area contributed by atoms with Crippen LogP contribution < -0.4 is 21.2 Å². The zero-order valence-corrected chi connectivity index (χ0v) is 13.5. The monoisotopic (exact) mass is 385 g/mol. The molecule has 1 nitrogen and oxygen atoms in total. The second-order valence-corrected chi connectivity index (χ2v) is 7.51. The Morgan fingerprint density at radius 1 is 0.667 bits per heavy atom. The second-order valence-electron chi connectivity index (χ2n) is 4.57. The Morgan fingerprint density at radius 2 is 1.24 bits per heavy atom. The molecule has 3 rings (SSSR count). The molecule has 2 heteroatoms. The van der Waals surface area contributed by atoms with Gasteiger partial charge in [0.15, 0.2) is 9.35 Å². The minimum absolute atomic E-state index is 0.113. The molecule has 0 bridgehead atoms. The molecule has 0 fully saturated rings. The van der Waals surface area contributed by atoms with Crippen molar-refractivity contribution >= 4 is 5.78 Å². The van der Waals surface area contributed by atoms with Crippen LogP contribution in [-0.2, 0) is 0 Å². The Balaban J connectivity index is 1.95. The Kier molecular flexibility index (Phi) is 4.46. The van der Waals surface area contributed by atoms with Gasteiger partial charge in [0.2, 0.25) is 3.57 Å². The summed E-state index contributed by atoms with van der Waals surface area (Å²) < 4.78 is 2.50. The first-order valence-electron chi connectivity index (χ1n) is 6.73. The Hall–Kier alpha value is -1.94. The minimum Gasteiger partial charge on any atom is -0.288 e. The smallest absolute Gasteiger partial charge is 0.288 e. The molecule has 0 spiro atoms. The summed E-state index contributed by atoms with van der Waals surface area (Å²) in [6.07, 6.45) is 0.